The molecule has 1 aromatic carbocycles. The largest absolute Gasteiger partial charge is 0.291 e. The quantitative estimate of drug-likeness (QED) is 0.626. The van der Waals surface area contributed by atoms with Gasteiger partial charge >= 0.3 is 0 Å². The summed E-state index contributed by atoms with van der Waals surface area (Å²) in [6.45, 7) is 1.74. The Labute approximate surface area is 101 Å². The molecule has 8 heteroatoms. The van der Waals surface area contributed by atoms with Crippen LogP contribution in [0.3, 0.4) is 0 Å². The highest BCUT2D eigenvalue weighted by atomic mass is 16.6. The first-order valence-corrected chi connectivity index (χ1v) is 4.99. The summed E-state index contributed by atoms with van der Waals surface area (Å²) in [7, 11) is 0. The lowest BCUT2D eigenvalue weighted by molar-refractivity contribution is -0.385. The molecule has 2 N–H and O–H groups in total. The van der Waals surface area contributed by atoms with Crippen LogP contribution in [-0.4, -0.2) is 26.0 Å². The first kappa shape index (κ1) is 11.7. The highest BCUT2D eigenvalue weighted by Crippen LogP contribution is 2.20. The van der Waals surface area contributed by atoms with Gasteiger partial charge in [0.15, 0.2) is 0 Å². The molecule has 0 fully saturated rings. The standard InChI is InChI=1S/C10H9N5O3/c1-6-2-3-8(15(17)18)7(4-6)9(16)13-10-11-5-12-14-10/h2-5H,1H3,(H2,11,12,13,14,16). The maximum Gasteiger partial charge on any atom is 0.282 e. The van der Waals surface area contributed by atoms with Crippen LogP contribution in [0.4, 0.5) is 11.6 Å². The fourth-order valence-corrected chi connectivity index (χ4v) is 1.43. The number of nitro benzene ring substituents is 1. The van der Waals surface area contributed by atoms with E-state index in [1.54, 1.807) is 13.0 Å². The van der Waals surface area contributed by atoms with Crippen molar-refractivity contribution in [1.82, 2.24) is 15.2 Å². The smallest absolute Gasteiger partial charge is 0.282 e. The third kappa shape index (κ3) is 2.32. The Bertz CT molecular complexity index is 594. The van der Waals surface area contributed by atoms with Crippen molar-refractivity contribution in [3.8, 4) is 0 Å². The van der Waals surface area contributed by atoms with E-state index in [0.717, 1.165) is 5.56 Å². The number of nitrogens with one attached hydrogen (secondary N) is 2. The Morgan fingerprint density at radius 3 is 2.89 bits per heavy atom. The highest BCUT2D eigenvalue weighted by molar-refractivity contribution is 6.06. The van der Waals surface area contributed by atoms with Crippen LogP contribution in [0.1, 0.15) is 15.9 Å². The number of aryl methyl sites for hydroxylation is 1. The number of benzene rings is 1. The number of H-pyrrole nitrogens is 1. The summed E-state index contributed by atoms with van der Waals surface area (Å²) in [6, 6.07) is 4.32. The molecule has 0 atom stereocenters. The van der Waals surface area contributed by atoms with Crippen LogP contribution in [-0.2, 0) is 0 Å². The van der Waals surface area contributed by atoms with Crippen LogP contribution in [0, 0.1) is 17.0 Å². The molecule has 1 aromatic heterocycles. The Kier molecular flexibility index (Phi) is 3.00. The number of amides is 1. The Hall–Kier alpha value is -2.77. The zero-order chi connectivity index (χ0) is 13.1. The van der Waals surface area contributed by atoms with Gasteiger partial charge in [-0.25, -0.2) is 5.10 Å². The van der Waals surface area contributed by atoms with E-state index in [-0.39, 0.29) is 17.2 Å². The lowest BCUT2D eigenvalue weighted by atomic mass is 10.1. The molecule has 0 aliphatic carbocycles. The van der Waals surface area contributed by atoms with Gasteiger partial charge in [0.05, 0.1) is 4.92 Å². The lowest BCUT2D eigenvalue weighted by Crippen LogP contribution is -2.15. The molecule has 0 saturated heterocycles. The molecule has 0 radical (unpaired) electrons. The summed E-state index contributed by atoms with van der Waals surface area (Å²) >= 11 is 0. The number of aromatic nitrogens is 3. The number of carbonyl (C=O) groups excluding carboxylic acids is 1. The number of nitro groups is 1. The Balaban J connectivity index is 2.34. The molecular weight excluding hydrogens is 238 g/mol. The summed E-state index contributed by atoms with van der Waals surface area (Å²) in [5.41, 5.74) is 0.484. The molecule has 0 saturated carbocycles. The first-order valence-electron chi connectivity index (χ1n) is 4.99. The summed E-state index contributed by atoms with van der Waals surface area (Å²) in [5.74, 6) is -0.474. The topological polar surface area (TPSA) is 114 Å². The molecule has 0 aliphatic heterocycles. The van der Waals surface area contributed by atoms with Crippen LogP contribution in [0.15, 0.2) is 24.5 Å². The van der Waals surface area contributed by atoms with E-state index in [1.165, 1.54) is 18.5 Å². The monoisotopic (exact) mass is 247 g/mol. The number of carbonyl (C=O) groups is 1. The van der Waals surface area contributed by atoms with Gasteiger partial charge in [-0.05, 0) is 18.6 Å². The molecule has 1 heterocycles. The van der Waals surface area contributed by atoms with E-state index < -0.39 is 10.8 Å². The highest BCUT2D eigenvalue weighted by Gasteiger charge is 2.20. The molecular formula is C10H9N5O3. The molecule has 2 rings (SSSR count). The zero-order valence-electron chi connectivity index (χ0n) is 9.38. The van der Waals surface area contributed by atoms with E-state index in [9.17, 15) is 14.9 Å². The van der Waals surface area contributed by atoms with E-state index in [4.69, 9.17) is 0 Å². The summed E-state index contributed by atoms with van der Waals surface area (Å²) in [4.78, 5) is 25.8. The van der Waals surface area contributed by atoms with Gasteiger partial charge in [-0.1, -0.05) is 6.07 Å². The number of hydrogen-bond acceptors (Lipinski definition) is 5. The normalized spacial score (nSPS) is 10.1. The summed E-state index contributed by atoms with van der Waals surface area (Å²) in [5, 5.41) is 19.2. The predicted molar refractivity (Wildman–Crippen MR) is 62.2 cm³/mol. The summed E-state index contributed by atoms with van der Waals surface area (Å²) < 4.78 is 0. The average molecular weight is 247 g/mol. The molecule has 0 aliphatic rings. The van der Waals surface area contributed by atoms with Gasteiger partial charge in [0, 0.05) is 6.07 Å². The van der Waals surface area contributed by atoms with Crippen LogP contribution in [0.5, 0.6) is 0 Å². The van der Waals surface area contributed by atoms with E-state index >= 15 is 0 Å². The first-order chi connectivity index (χ1) is 8.58. The second kappa shape index (κ2) is 4.62. The van der Waals surface area contributed by atoms with Gasteiger partial charge in [-0.15, -0.1) is 0 Å². The molecule has 1 amide bonds. The van der Waals surface area contributed by atoms with E-state index in [0.29, 0.717) is 0 Å². The van der Waals surface area contributed by atoms with E-state index in [2.05, 4.69) is 20.5 Å². The molecule has 0 bridgehead atoms. The van der Waals surface area contributed by atoms with Crippen LogP contribution >= 0.6 is 0 Å². The number of rotatable bonds is 3. The zero-order valence-corrected chi connectivity index (χ0v) is 9.38. The minimum Gasteiger partial charge on any atom is -0.291 e. The third-order valence-electron chi connectivity index (χ3n) is 2.24. The number of anilines is 1. The van der Waals surface area contributed by atoms with Crippen LogP contribution < -0.4 is 5.32 Å². The van der Waals surface area contributed by atoms with Crippen LogP contribution in [0.2, 0.25) is 0 Å². The molecule has 0 unspecified atom stereocenters. The lowest BCUT2D eigenvalue weighted by Gasteiger charge is -2.03. The van der Waals surface area contributed by atoms with Gasteiger partial charge in [0.25, 0.3) is 11.6 Å². The average Bonchev–Trinajstić information content (AvgIpc) is 2.81. The number of nitrogens with zero attached hydrogens (tertiary/aromatic N) is 3. The van der Waals surface area contributed by atoms with Gasteiger partial charge in [0.2, 0.25) is 5.95 Å². The summed E-state index contributed by atoms with van der Waals surface area (Å²) in [6.07, 6.45) is 1.22. The van der Waals surface area contributed by atoms with Crippen molar-refractivity contribution >= 4 is 17.5 Å². The minimum atomic E-state index is -0.609. The Morgan fingerprint density at radius 2 is 2.28 bits per heavy atom. The number of hydrogen-bond donors (Lipinski definition) is 2. The fraction of sp³-hybridized carbons (Fsp3) is 0.100. The van der Waals surface area contributed by atoms with Crippen molar-refractivity contribution < 1.29 is 9.72 Å². The second-order valence-electron chi connectivity index (χ2n) is 3.57. The van der Waals surface area contributed by atoms with Crippen molar-refractivity contribution in [3.63, 3.8) is 0 Å². The van der Waals surface area contributed by atoms with Gasteiger partial charge in [-0.3, -0.25) is 20.2 Å². The van der Waals surface area contributed by atoms with Crippen LogP contribution in [0.25, 0.3) is 0 Å². The van der Waals surface area contributed by atoms with Crippen molar-refractivity contribution in [2.24, 2.45) is 0 Å². The van der Waals surface area contributed by atoms with Gasteiger partial charge in [0.1, 0.15) is 11.9 Å². The molecule has 8 nitrogen and oxygen atoms in total. The predicted octanol–water partition coefficient (Wildman–Crippen LogP) is 1.27. The minimum absolute atomic E-state index is 0.0172. The van der Waals surface area contributed by atoms with Crippen molar-refractivity contribution in [3.05, 3.63) is 45.8 Å². The molecule has 2 aromatic rings. The fourth-order valence-electron chi connectivity index (χ4n) is 1.43. The van der Waals surface area contributed by atoms with Crippen molar-refractivity contribution in [1.29, 1.82) is 0 Å². The number of aromatic amines is 1. The molecule has 18 heavy (non-hydrogen) atoms. The van der Waals surface area contributed by atoms with Gasteiger partial charge in [-0.2, -0.15) is 10.1 Å². The molecule has 92 valence electrons. The third-order valence-corrected chi connectivity index (χ3v) is 2.24. The van der Waals surface area contributed by atoms with E-state index in [1.807, 2.05) is 0 Å². The maximum atomic E-state index is 11.9. The maximum absolute atomic E-state index is 11.9. The Morgan fingerprint density at radius 1 is 1.50 bits per heavy atom. The van der Waals surface area contributed by atoms with Crippen molar-refractivity contribution in [2.75, 3.05) is 5.32 Å². The SMILES string of the molecule is Cc1ccc([N+](=O)[O-])c(C(=O)Nc2ncn[nH]2)c1. The van der Waals surface area contributed by atoms with Gasteiger partial charge < -0.3 is 0 Å². The van der Waals surface area contributed by atoms with Crippen molar-refractivity contribution in [2.45, 2.75) is 6.92 Å². The second-order valence-corrected chi connectivity index (χ2v) is 3.57. The molecule has 0 spiro atoms.